The second kappa shape index (κ2) is 6.07. The first kappa shape index (κ1) is 15.4. The van der Waals surface area contributed by atoms with Gasteiger partial charge in [0.1, 0.15) is 6.17 Å². The van der Waals surface area contributed by atoms with E-state index in [0.29, 0.717) is 5.56 Å². The van der Waals surface area contributed by atoms with Crippen LogP contribution >= 0.6 is 31.9 Å². The first-order valence-electron chi connectivity index (χ1n) is 7.28. The number of nitrogens with one attached hydrogen (secondary N) is 3. The molecule has 0 fully saturated rings. The van der Waals surface area contributed by atoms with Crippen LogP contribution in [0.25, 0.3) is 11.3 Å². The van der Waals surface area contributed by atoms with Crippen molar-refractivity contribution in [2.45, 2.75) is 6.17 Å². The van der Waals surface area contributed by atoms with Crippen molar-refractivity contribution >= 4 is 43.5 Å². The van der Waals surface area contributed by atoms with Gasteiger partial charge in [-0.05, 0) is 33.6 Å². The number of aromatic nitrogens is 2. The van der Waals surface area contributed by atoms with E-state index in [9.17, 15) is 4.79 Å². The molecule has 0 bridgehead atoms. The Kier molecular flexibility index (Phi) is 3.90. The summed E-state index contributed by atoms with van der Waals surface area (Å²) in [6, 6.07) is 13.6. The van der Waals surface area contributed by atoms with Gasteiger partial charge in [0.05, 0.1) is 23.1 Å². The Hall–Kier alpha value is -2.12. The minimum atomic E-state index is -0.364. The fourth-order valence-electron chi connectivity index (χ4n) is 2.79. The number of H-pyrrole nitrogens is 1. The van der Waals surface area contributed by atoms with Crippen LogP contribution in [-0.4, -0.2) is 16.1 Å². The van der Waals surface area contributed by atoms with Crippen LogP contribution in [0.2, 0.25) is 0 Å². The van der Waals surface area contributed by atoms with Crippen LogP contribution in [0.5, 0.6) is 0 Å². The number of halogens is 2. The number of amides is 1. The Balaban J connectivity index is 1.76. The third-order valence-electron chi connectivity index (χ3n) is 3.91. The molecule has 3 N–H and O–H groups in total. The Morgan fingerprint density at radius 1 is 1.04 bits per heavy atom. The molecule has 0 spiro atoms. The van der Waals surface area contributed by atoms with Crippen molar-refractivity contribution in [1.82, 2.24) is 15.5 Å². The van der Waals surface area contributed by atoms with E-state index in [0.717, 1.165) is 31.5 Å². The van der Waals surface area contributed by atoms with Crippen molar-refractivity contribution in [2.24, 2.45) is 0 Å². The van der Waals surface area contributed by atoms with Crippen molar-refractivity contribution in [3.63, 3.8) is 0 Å². The van der Waals surface area contributed by atoms with Crippen LogP contribution in [0.3, 0.4) is 0 Å². The number of hydrogen-bond donors (Lipinski definition) is 3. The molecule has 120 valence electrons. The summed E-state index contributed by atoms with van der Waals surface area (Å²) >= 11 is 6.93. The largest absolute Gasteiger partial charge is 0.360 e. The number of carbonyl (C=O) groups excluding carboxylic acids is 1. The summed E-state index contributed by atoms with van der Waals surface area (Å²) in [5.74, 6) is -0.129. The monoisotopic (exact) mass is 446 g/mol. The summed E-state index contributed by atoms with van der Waals surface area (Å²) in [4.78, 5) is 12.5. The van der Waals surface area contributed by atoms with Crippen molar-refractivity contribution < 1.29 is 4.79 Å². The van der Waals surface area contributed by atoms with E-state index < -0.39 is 0 Å². The molecule has 0 radical (unpaired) electrons. The number of benzene rings is 2. The summed E-state index contributed by atoms with van der Waals surface area (Å²) in [5, 5.41) is 13.5. The lowest BCUT2D eigenvalue weighted by Crippen LogP contribution is -2.38. The quantitative estimate of drug-likeness (QED) is 0.543. The molecule has 1 aliphatic rings. The average molecular weight is 448 g/mol. The maximum absolute atomic E-state index is 12.5. The third-order valence-corrected chi connectivity index (χ3v) is 4.99. The molecule has 1 atom stereocenters. The van der Waals surface area contributed by atoms with Crippen molar-refractivity contribution in [3.05, 3.63) is 68.7 Å². The van der Waals surface area contributed by atoms with Gasteiger partial charge >= 0.3 is 0 Å². The number of aromatic amines is 1. The van der Waals surface area contributed by atoms with Crippen molar-refractivity contribution in [1.29, 1.82) is 0 Å². The lowest BCUT2D eigenvalue weighted by molar-refractivity contribution is 0.0935. The first-order valence-corrected chi connectivity index (χ1v) is 8.87. The first-order chi connectivity index (χ1) is 11.6. The van der Waals surface area contributed by atoms with Gasteiger partial charge in [-0.25, -0.2) is 0 Å². The maximum Gasteiger partial charge on any atom is 0.255 e. The fraction of sp³-hybridized carbons (Fsp3) is 0.0588. The minimum Gasteiger partial charge on any atom is -0.360 e. The molecule has 0 saturated carbocycles. The lowest BCUT2D eigenvalue weighted by Gasteiger charge is -2.29. The summed E-state index contributed by atoms with van der Waals surface area (Å²) in [7, 11) is 0. The van der Waals surface area contributed by atoms with E-state index in [1.165, 1.54) is 0 Å². The van der Waals surface area contributed by atoms with Crippen LogP contribution in [-0.2, 0) is 0 Å². The van der Waals surface area contributed by atoms with Crippen LogP contribution < -0.4 is 10.6 Å². The molecule has 0 aliphatic carbocycles. The van der Waals surface area contributed by atoms with Gasteiger partial charge in [-0.2, -0.15) is 5.10 Å². The molecule has 5 nitrogen and oxygen atoms in total. The number of fused-ring (bicyclic) bond motifs is 1. The van der Waals surface area contributed by atoms with E-state index in [1.54, 1.807) is 12.3 Å². The SMILES string of the molecule is O=C1NC(c2cn[nH]c2-c2ccccc2)Nc2c(Br)cc(Br)cc21. The maximum atomic E-state index is 12.5. The molecule has 1 unspecified atom stereocenters. The molecule has 7 heteroatoms. The Morgan fingerprint density at radius 2 is 1.83 bits per heavy atom. The van der Waals surface area contributed by atoms with Gasteiger partial charge in [0, 0.05) is 14.5 Å². The number of anilines is 1. The Bertz CT molecular complexity index is 924. The summed E-state index contributed by atoms with van der Waals surface area (Å²) < 4.78 is 1.67. The molecular weight excluding hydrogens is 436 g/mol. The van der Waals surface area contributed by atoms with Crippen LogP contribution in [0.15, 0.2) is 57.6 Å². The highest BCUT2D eigenvalue weighted by atomic mass is 79.9. The molecule has 1 aliphatic heterocycles. The van der Waals surface area contributed by atoms with E-state index in [-0.39, 0.29) is 12.1 Å². The van der Waals surface area contributed by atoms with Crippen LogP contribution in [0.4, 0.5) is 5.69 Å². The molecule has 0 saturated heterocycles. The third kappa shape index (κ3) is 2.63. The standard InChI is InChI=1S/C17H12Br2N4O/c18-10-6-11-15(13(19)7-10)21-16(22-17(11)24)12-8-20-23-14(12)9-4-2-1-3-5-9/h1-8,16,21H,(H,20,23)(H,22,24). The van der Waals surface area contributed by atoms with Gasteiger partial charge in [0.15, 0.2) is 0 Å². The predicted molar refractivity (Wildman–Crippen MR) is 99.7 cm³/mol. The van der Waals surface area contributed by atoms with Crippen molar-refractivity contribution in [3.8, 4) is 11.3 Å². The zero-order valence-corrected chi connectivity index (χ0v) is 15.5. The van der Waals surface area contributed by atoms with Gasteiger partial charge in [-0.3, -0.25) is 9.89 Å². The lowest BCUT2D eigenvalue weighted by atomic mass is 10.0. The molecule has 3 aromatic rings. The van der Waals surface area contributed by atoms with Crippen LogP contribution in [0.1, 0.15) is 22.1 Å². The fourth-order valence-corrected chi connectivity index (χ4v) is 4.13. The van der Waals surface area contributed by atoms with Gasteiger partial charge in [0.25, 0.3) is 5.91 Å². The molecule has 24 heavy (non-hydrogen) atoms. The highest BCUT2D eigenvalue weighted by molar-refractivity contribution is 9.11. The van der Waals surface area contributed by atoms with Gasteiger partial charge in [0.2, 0.25) is 0 Å². The van der Waals surface area contributed by atoms with E-state index in [2.05, 4.69) is 52.7 Å². The van der Waals surface area contributed by atoms with Gasteiger partial charge in [-0.1, -0.05) is 46.3 Å². The topological polar surface area (TPSA) is 69.8 Å². The number of nitrogens with zero attached hydrogens (tertiary/aromatic N) is 1. The average Bonchev–Trinajstić information content (AvgIpc) is 3.06. The molecule has 4 rings (SSSR count). The van der Waals surface area contributed by atoms with Gasteiger partial charge in [-0.15, -0.1) is 0 Å². The van der Waals surface area contributed by atoms with E-state index in [1.807, 2.05) is 36.4 Å². The number of hydrogen-bond acceptors (Lipinski definition) is 3. The molecule has 2 heterocycles. The highest BCUT2D eigenvalue weighted by Gasteiger charge is 2.29. The van der Waals surface area contributed by atoms with Crippen molar-refractivity contribution in [2.75, 3.05) is 5.32 Å². The molecular formula is C17H12Br2N4O. The zero-order valence-electron chi connectivity index (χ0n) is 12.3. The second-order valence-electron chi connectivity index (χ2n) is 5.43. The summed E-state index contributed by atoms with van der Waals surface area (Å²) in [6.45, 7) is 0. The Labute approximate surface area is 155 Å². The van der Waals surface area contributed by atoms with E-state index in [4.69, 9.17) is 0 Å². The smallest absolute Gasteiger partial charge is 0.255 e. The molecule has 1 amide bonds. The summed E-state index contributed by atoms with van der Waals surface area (Å²) in [5.41, 5.74) is 4.14. The second-order valence-corrected chi connectivity index (χ2v) is 7.20. The number of rotatable bonds is 2. The Morgan fingerprint density at radius 3 is 2.62 bits per heavy atom. The predicted octanol–water partition coefficient (Wildman–Crippen LogP) is 4.46. The highest BCUT2D eigenvalue weighted by Crippen LogP contribution is 2.37. The molecule has 2 aromatic carbocycles. The summed E-state index contributed by atoms with van der Waals surface area (Å²) in [6.07, 6.45) is 1.37. The normalized spacial score (nSPS) is 16.2. The number of carbonyl (C=O) groups is 1. The van der Waals surface area contributed by atoms with E-state index >= 15 is 0 Å². The molecule has 1 aromatic heterocycles. The van der Waals surface area contributed by atoms with Gasteiger partial charge < -0.3 is 10.6 Å². The van der Waals surface area contributed by atoms with Crippen LogP contribution in [0, 0.1) is 0 Å². The minimum absolute atomic E-state index is 0.129. The zero-order chi connectivity index (χ0) is 16.7.